The summed E-state index contributed by atoms with van der Waals surface area (Å²) in [6.45, 7) is 0.562. The normalized spacial score (nSPS) is 10.7. The van der Waals surface area contributed by atoms with Gasteiger partial charge in [0, 0.05) is 16.0 Å². The van der Waals surface area contributed by atoms with Gasteiger partial charge in [-0.25, -0.2) is 0 Å². The maximum absolute atomic E-state index is 10.5. The molecular weight excluding hydrogens is 281 g/mol. The second kappa shape index (κ2) is 5.49. The van der Waals surface area contributed by atoms with E-state index < -0.39 is 5.97 Å². The molecule has 15 heavy (non-hydrogen) atoms. The first-order chi connectivity index (χ1) is 6.99. The SMILES string of the molecule is CN(CC(=O)O)Cc1cc(Cl)ccc1Br. The fraction of sp³-hybridized carbons (Fsp3) is 0.300. The van der Waals surface area contributed by atoms with E-state index in [9.17, 15) is 4.79 Å². The molecule has 0 aromatic heterocycles. The molecule has 0 radical (unpaired) electrons. The summed E-state index contributed by atoms with van der Waals surface area (Å²) >= 11 is 9.24. The van der Waals surface area contributed by atoms with Crippen LogP contribution >= 0.6 is 27.5 Å². The van der Waals surface area contributed by atoms with Gasteiger partial charge in [0.1, 0.15) is 0 Å². The summed E-state index contributed by atoms with van der Waals surface area (Å²) in [6, 6.07) is 5.46. The zero-order valence-electron chi connectivity index (χ0n) is 8.20. The Balaban J connectivity index is 2.71. The number of hydrogen-bond donors (Lipinski definition) is 1. The van der Waals surface area contributed by atoms with E-state index in [1.54, 1.807) is 18.0 Å². The number of nitrogens with zero attached hydrogens (tertiary/aromatic N) is 1. The topological polar surface area (TPSA) is 40.5 Å². The molecule has 3 nitrogen and oxygen atoms in total. The number of likely N-dealkylation sites (N-methyl/N-ethyl adjacent to an activating group) is 1. The number of benzene rings is 1. The first kappa shape index (κ1) is 12.5. The van der Waals surface area contributed by atoms with Gasteiger partial charge in [0.15, 0.2) is 0 Å². The van der Waals surface area contributed by atoms with Crippen molar-refractivity contribution in [1.82, 2.24) is 4.90 Å². The molecule has 0 saturated carbocycles. The first-order valence-electron chi connectivity index (χ1n) is 4.33. The predicted molar refractivity (Wildman–Crippen MR) is 63.1 cm³/mol. The quantitative estimate of drug-likeness (QED) is 0.927. The van der Waals surface area contributed by atoms with Gasteiger partial charge in [-0.2, -0.15) is 0 Å². The highest BCUT2D eigenvalue weighted by molar-refractivity contribution is 9.10. The highest BCUT2D eigenvalue weighted by Gasteiger charge is 2.07. The van der Waals surface area contributed by atoms with Crippen molar-refractivity contribution >= 4 is 33.5 Å². The van der Waals surface area contributed by atoms with Crippen molar-refractivity contribution in [3.8, 4) is 0 Å². The van der Waals surface area contributed by atoms with Crippen LogP contribution in [-0.2, 0) is 11.3 Å². The minimum Gasteiger partial charge on any atom is -0.480 e. The molecule has 0 aliphatic carbocycles. The van der Waals surface area contributed by atoms with E-state index in [4.69, 9.17) is 16.7 Å². The molecule has 0 bridgehead atoms. The summed E-state index contributed by atoms with van der Waals surface area (Å²) in [4.78, 5) is 12.2. The average Bonchev–Trinajstić information content (AvgIpc) is 2.10. The molecule has 1 aromatic rings. The maximum Gasteiger partial charge on any atom is 0.317 e. The molecule has 82 valence electrons. The number of rotatable bonds is 4. The van der Waals surface area contributed by atoms with Crippen molar-refractivity contribution in [1.29, 1.82) is 0 Å². The molecule has 1 rings (SSSR count). The van der Waals surface area contributed by atoms with Crippen molar-refractivity contribution in [2.24, 2.45) is 0 Å². The molecule has 0 heterocycles. The molecule has 5 heteroatoms. The third-order valence-corrected chi connectivity index (χ3v) is 2.86. The lowest BCUT2D eigenvalue weighted by molar-refractivity contribution is -0.138. The Morgan fingerprint density at radius 2 is 2.27 bits per heavy atom. The van der Waals surface area contributed by atoms with Crippen LogP contribution in [0.3, 0.4) is 0 Å². The summed E-state index contributed by atoms with van der Waals surface area (Å²) < 4.78 is 0.934. The van der Waals surface area contributed by atoms with E-state index in [0.29, 0.717) is 11.6 Å². The molecule has 0 aliphatic heterocycles. The fourth-order valence-electron chi connectivity index (χ4n) is 1.24. The molecule has 0 amide bonds. The number of carboxylic acids is 1. The van der Waals surface area contributed by atoms with Gasteiger partial charge in [0.05, 0.1) is 6.54 Å². The second-order valence-corrected chi connectivity index (χ2v) is 4.59. The Bertz CT molecular complexity index is 370. The fourth-order valence-corrected chi connectivity index (χ4v) is 1.81. The Morgan fingerprint density at radius 3 is 2.87 bits per heavy atom. The largest absolute Gasteiger partial charge is 0.480 e. The monoisotopic (exact) mass is 291 g/mol. The Labute approximate surface area is 102 Å². The third-order valence-electron chi connectivity index (χ3n) is 1.85. The van der Waals surface area contributed by atoms with Gasteiger partial charge in [-0.1, -0.05) is 27.5 Å². The Kier molecular flexibility index (Phi) is 4.57. The van der Waals surface area contributed by atoms with E-state index in [1.165, 1.54) is 0 Å². The highest BCUT2D eigenvalue weighted by atomic mass is 79.9. The van der Waals surface area contributed by atoms with Gasteiger partial charge in [0.2, 0.25) is 0 Å². The Hall–Kier alpha value is -0.580. The van der Waals surface area contributed by atoms with Gasteiger partial charge in [-0.3, -0.25) is 9.69 Å². The van der Waals surface area contributed by atoms with Crippen LogP contribution in [0.15, 0.2) is 22.7 Å². The smallest absolute Gasteiger partial charge is 0.317 e. The molecule has 0 aliphatic rings. The van der Waals surface area contributed by atoms with Gasteiger partial charge in [0.25, 0.3) is 0 Å². The second-order valence-electron chi connectivity index (χ2n) is 3.30. The predicted octanol–water partition coefficient (Wildman–Crippen LogP) is 2.62. The number of carbonyl (C=O) groups is 1. The average molecular weight is 293 g/mol. The standard InChI is InChI=1S/C10H11BrClNO2/c1-13(6-10(14)15)5-7-4-8(12)2-3-9(7)11/h2-4H,5-6H2,1H3,(H,14,15). The van der Waals surface area contributed by atoms with Crippen LogP contribution in [0.1, 0.15) is 5.56 Å². The van der Waals surface area contributed by atoms with Crippen LogP contribution in [0.5, 0.6) is 0 Å². The third kappa shape index (κ3) is 4.20. The lowest BCUT2D eigenvalue weighted by Gasteiger charge is -2.15. The Morgan fingerprint density at radius 1 is 1.60 bits per heavy atom. The number of halogens is 2. The van der Waals surface area contributed by atoms with Gasteiger partial charge in [-0.05, 0) is 30.8 Å². The number of aliphatic carboxylic acids is 1. The van der Waals surface area contributed by atoms with Crippen LogP contribution < -0.4 is 0 Å². The molecular formula is C10H11BrClNO2. The number of carboxylic acid groups (broad SMARTS) is 1. The van der Waals surface area contributed by atoms with Crippen LogP contribution in [0, 0.1) is 0 Å². The van der Waals surface area contributed by atoms with E-state index in [2.05, 4.69) is 15.9 Å². The molecule has 0 unspecified atom stereocenters. The van der Waals surface area contributed by atoms with Gasteiger partial charge < -0.3 is 5.11 Å². The molecule has 1 aromatic carbocycles. The zero-order chi connectivity index (χ0) is 11.4. The lowest BCUT2D eigenvalue weighted by Crippen LogP contribution is -2.25. The van der Waals surface area contributed by atoms with Crippen molar-refractivity contribution in [3.63, 3.8) is 0 Å². The summed E-state index contributed by atoms with van der Waals surface area (Å²) in [7, 11) is 1.75. The van der Waals surface area contributed by atoms with Crippen molar-refractivity contribution in [2.75, 3.05) is 13.6 Å². The molecule has 0 atom stereocenters. The van der Waals surface area contributed by atoms with Crippen LogP contribution in [0.25, 0.3) is 0 Å². The first-order valence-corrected chi connectivity index (χ1v) is 5.50. The summed E-state index contributed by atoms with van der Waals surface area (Å²) in [5.74, 6) is -0.837. The minimum absolute atomic E-state index is 0.0129. The van der Waals surface area contributed by atoms with Crippen molar-refractivity contribution in [2.45, 2.75) is 6.54 Å². The summed E-state index contributed by atoms with van der Waals surface area (Å²) in [6.07, 6.45) is 0. The zero-order valence-corrected chi connectivity index (χ0v) is 10.5. The summed E-state index contributed by atoms with van der Waals surface area (Å²) in [5, 5.41) is 9.26. The van der Waals surface area contributed by atoms with Crippen LogP contribution in [0.4, 0.5) is 0 Å². The maximum atomic E-state index is 10.5. The summed E-state index contributed by atoms with van der Waals surface area (Å²) in [5.41, 5.74) is 0.978. The number of hydrogen-bond acceptors (Lipinski definition) is 2. The van der Waals surface area contributed by atoms with Crippen molar-refractivity contribution < 1.29 is 9.90 Å². The van der Waals surface area contributed by atoms with Crippen molar-refractivity contribution in [3.05, 3.63) is 33.3 Å². The minimum atomic E-state index is -0.837. The van der Waals surface area contributed by atoms with E-state index >= 15 is 0 Å². The molecule has 1 N–H and O–H groups in total. The lowest BCUT2D eigenvalue weighted by atomic mass is 10.2. The molecule has 0 fully saturated rings. The van der Waals surface area contributed by atoms with Crippen LogP contribution in [0.2, 0.25) is 5.02 Å². The van der Waals surface area contributed by atoms with Gasteiger partial charge in [-0.15, -0.1) is 0 Å². The highest BCUT2D eigenvalue weighted by Crippen LogP contribution is 2.22. The van der Waals surface area contributed by atoms with E-state index in [1.807, 2.05) is 12.1 Å². The van der Waals surface area contributed by atoms with E-state index in [0.717, 1.165) is 10.0 Å². The van der Waals surface area contributed by atoms with Crippen LogP contribution in [-0.4, -0.2) is 29.6 Å². The van der Waals surface area contributed by atoms with Gasteiger partial charge >= 0.3 is 5.97 Å². The molecule has 0 saturated heterocycles. The van der Waals surface area contributed by atoms with E-state index in [-0.39, 0.29) is 6.54 Å². The molecule has 0 spiro atoms.